The number of ether oxygens (including phenoxy) is 1. The fourth-order valence-corrected chi connectivity index (χ4v) is 1.13. The fourth-order valence-electron chi connectivity index (χ4n) is 0.715. The van der Waals surface area contributed by atoms with E-state index in [4.69, 9.17) is 27.9 Å². The molecule has 0 bridgehead atoms. The summed E-state index contributed by atoms with van der Waals surface area (Å²) in [6.45, 7) is 0. The number of aromatic nitrogens is 1. The molecule has 0 unspecified atom stereocenters. The van der Waals surface area contributed by atoms with Crippen LogP contribution in [0.5, 0.6) is 5.88 Å². The van der Waals surface area contributed by atoms with Crippen LogP contribution in [0.4, 0.5) is 0 Å². The van der Waals surface area contributed by atoms with E-state index >= 15 is 0 Å². The van der Waals surface area contributed by atoms with Crippen LogP contribution in [0, 0.1) is 0 Å². The summed E-state index contributed by atoms with van der Waals surface area (Å²) in [5, 5.41) is 0.357. The van der Waals surface area contributed by atoms with Crippen molar-refractivity contribution in [2.45, 2.75) is 0 Å². The van der Waals surface area contributed by atoms with Crippen molar-refractivity contribution >= 4 is 29.5 Å². The summed E-state index contributed by atoms with van der Waals surface area (Å²) in [6, 6.07) is 1.37. The Hall–Kier alpha value is -0.800. The lowest BCUT2D eigenvalue weighted by molar-refractivity contribution is 0.112. The number of halogens is 2. The summed E-state index contributed by atoms with van der Waals surface area (Å²) in [7, 11) is 1.40. The topological polar surface area (TPSA) is 39.2 Å². The molecular formula is C7H5Cl2NO2. The van der Waals surface area contributed by atoms with Gasteiger partial charge in [-0.25, -0.2) is 4.98 Å². The zero-order valence-electron chi connectivity index (χ0n) is 6.17. The minimum atomic E-state index is 0.159. The predicted molar refractivity (Wildman–Crippen MR) is 46.2 cm³/mol. The van der Waals surface area contributed by atoms with Crippen molar-refractivity contribution < 1.29 is 9.53 Å². The van der Waals surface area contributed by atoms with E-state index in [0.29, 0.717) is 6.29 Å². The van der Waals surface area contributed by atoms with Crippen LogP contribution in [-0.4, -0.2) is 18.4 Å². The molecule has 64 valence electrons. The molecule has 1 aromatic rings. The van der Waals surface area contributed by atoms with Gasteiger partial charge in [-0.15, -0.1) is 0 Å². The van der Waals surface area contributed by atoms with Gasteiger partial charge >= 0.3 is 0 Å². The summed E-state index contributed by atoms with van der Waals surface area (Å²) >= 11 is 11.3. The molecule has 1 rings (SSSR count). The maximum absolute atomic E-state index is 10.4. The molecule has 0 spiro atoms. The lowest BCUT2D eigenvalue weighted by atomic mass is 10.3. The van der Waals surface area contributed by atoms with Gasteiger partial charge in [-0.1, -0.05) is 23.2 Å². The minimum Gasteiger partial charge on any atom is -0.480 e. The normalized spacial score (nSPS) is 9.58. The van der Waals surface area contributed by atoms with Crippen molar-refractivity contribution in [2.24, 2.45) is 0 Å². The van der Waals surface area contributed by atoms with Crippen LogP contribution >= 0.6 is 23.2 Å². The zero-order valence-corrected chi connectivity index (χ0v) is 7.69. The molecule has 0 aromatic carbocycles. The minimum absolute atomic E-state index is 0.159. The van der Waals surface area contributed by atoms with Crippen molar-refractivity contribution in [3.05, 3.63) is 21.8 Å². The quantitative estimate of drug-likeness (QED) is 0.550. The third kappa shape index (κ3) is 1.68. The van der Waals surface area contributed by atoms with Crippen LogP contribution in [0.15, 0.2) is 6.07 Å². The predicted octanol–water partition coefficient (Wildman–Crippen LogP) is 2.21. The van der Waals surface area contributed by atoms with E-state index in [1.807, 2.05) is 0 Å². The van der Waals surface area contributed by atoms with Crippen LogP contribution in [0.3, 0.4) is 0 Å². The van der Waals surface area contributed by atoms with Gasteiger partial charge in [0.15, 0.2) is 6.29 Å². The first-order valence-electron chi connectivity index (χ1n) is 3.04. The number of hydrogen-bond acceptors (Lipinski definition) is 3. The van der Waals surface area contributed by atoms with E-state index < -0.39 is 0 Å². The van der Waals surface area contributed by atoms with E-state index in [9.17, 15) is 4.79 Å². The molecule has 0 N–H and O–H groups in total. The number of aldehydes is 1. The Labute approximate surface area is 79.3 Å². The summed E-state index contributed by atoms with van der Waals surface area (Å²) in [5.41, 5.74) is 0.272. The molecule has 1 aromatic heterocycles. The Bertz CT molecular complexity index is 315. The lowest BCUT2D eigenvalue weighted by Crippen LogP contribution is -1.93. The summed E-state index contributed by atoms with van der Waals surface area (Å²) in [4.78, 5) is 14.2. The second-order valence-electron chi connectivity index (χ2n) is 1.98. The first kappa shape index (κ1) is 9.29. The highest BCUT2D eigenvalue weighted by Crippen LogP contribution is 2.27. The highest BCUT2D eigenvalue weighted by Gasteiger charge is 2.09. The number of carbonyl (C=O) groups is 1. The van der Waals surface area contributed by atoms with Gasteiger partial charge in [-0.2, -0.15) is 0 Å². The number of carbonyl (C=O) groups excluding carboxylic acids is 1. The highest BCUT2D eigenvalue weighted by atomic mass is 35.5. The van der Waals surface area contributed by atoms with Gasteiger partial charge in [0, 0.05) is 5.56 Å². The maximum Gasteiger partial charge on any atom is 0.234 e. The molecule has 0 aliphatic rings. The second kappa shape index (κ2) is 3.74. The first-order chi connectivity index (χ1) is 5.69. The Morgan fingerprint density at radius 3 is 2.75 bits per heavy atom. The van der Waals surface area contributed by atoms with E-state index in [1.165, 1.54) is 13.2 Å². The molecule has 12 heavy (non-hydrogen) atoms. The van der Waals surface area contributed by atoms with E-state index in [2.05, 4.69) is 4.98 Å². The van der Waals surface area contributed by atoms with E-state index in [0.717, 1.165) is 0 Å². The highest BCUT2D eigenvalue weighted by molar-refractivity contribution is 6.35. The molecule has 3 nitrogen and oxygen atoms in total. The number of pyridine rings is 1. The molecule has 0 atom stereocenters. The molecule has 5 heteroatoms. The van der Waals surface area contributed by atoms with Gasteiger partial charge in [0.2, 0.25) is 5.88 Å². The molecule has 0 saturated heterocycles. The largest absolute Gasteiger partial charge is 0.480 e. The summed E-state index contributed by atoms with van der Waals surface area (Å²) in [6.07, 6.45) is 0.596. The molecule has 0 aliphatic heterocycles. The number of nitrogens with zero attached hydrogens (tertiary/aromatic N) is 1. The molecule has 0 saturated carbocycles. The average Bonchev–Trinajstić information content (AvgIpc) is 2.08. The van der Waals surface area contributed by atoms with Gasteiger partial charge in [0.25, 0.3) is 0 Å². The first-order valence-corrected chi connectivity index (χ1v) is 3.80. The summed E-state index contributed by atoms with van der Waals surface area (Å²) in [5.74, 6) is 0.159. The van der Waals surface area contributed by atoms with Crippen LogP contribution < -0.4 is 4.74 Å². The maximum atomic E-state index is 10.4. The second-order valence-corrected chi connectivity index (χ2v) is 2.74. The average molecular weight is 206 g/mol. The molecule has 0 amide bonds. The SMILES string of the molecule is COc1nc(Cl)cc(C=O)c1Cl. The molecular weight excluding hydrogens is 201 g/mol. The van der Waals surface area contributed by atoms with Crippen LogP contribution in [0.1, 0.15) is 10.4 Å². The Morgan fingerprint density at radius 1 is 1.58 bits per heavy atom. The lowest BCUT2D eigenvalue weighted by Gasteiger charge is -2.03. The Morgan fingerprint density at radius 2 is 2.25 bits per heavy atom. The fraction of sp³-hybridized carbons (Fsp3) is 0.143. The van der Waals surface area contributed by atoms with E-state index in [-0.39, 0.29) is 21.6 Å². The molecule has 1 heterocycles. The number of methoxy groups -OCH3 is 1. The van der Waals surface area contributed by atoms with Crippen LogP contribution in [0.25, 0.3) is 0 Å². The molecule has 0 radical (unpaired) electrons. The van der Waals surface area contributed by atoms with Crippen LogP contribution in [-0.2, 0) is 0 Å². The smallest absolute Gasteiger partial charge is 0.234 e. The summed E-state index contributed by atoms with van der Waals surface area (Å²) < 4.78 is 4.78. The standard InChI is InChI=1S/C7H5Cl2NO2/c1-12-7-6(9)4(3-11)2-5(8)10-7/h2-3H,1H3. The van der Waals surface area contributed by atoms with Crippen molar-refractivity contribution in [2.75, 3.05) is 7.11 Å². The van der Waals surface area contributed by atoms with E-state index in [1.54, 1.807) is 0 Å². The van der Waals surface area contributed by atoms with Crippen molar-refractivity contribution in [1.82, 2.24) is 4.98 Å². The van der Waals surface area contributed by atoms with Gasteiger partial charge in [0.1, 0.15) is 10.2 Å². The number of rotatable bonds is 2. The molecule has 0 fully saturated rings. The Balaban J connectivity index is 3.31. The number of hydrogen-bond donors (Lipinski definition) is 0. The van der Waals surface area contributed by atoms with Gasteiger partial charge < -0.3 is 4.74 Å². The van der Waals surface area contributed by atoms with Gasteiger partial charge in [0.05, 0.1) is 7.11 Å². The van der Waals surface area contributed by atoms with Crippen molar-refractivity contribution in [1.29, 1.82) is 0 Å². The third-order valence-electron chi connectivity index (χ3n) is 1.24. The Kier molecular flexibility index (Phi) is 2.89. The van der Waals surface area contributed by atoms with Crippen LogP contribution in [0.2, 0.25) is 10.2 Å². The zero-order chi connectivity index (χ0) is 9.14. The van der Waals surface area contributed by atoms with Crippen molar-refractivity contribution in [3.63, 3.8) is 0 Å². The monoisotopic (exact) mass is 205 g/mol. The van der Waals surface area contributed by atoms with Gasteiger partial charge in [-0.05, 0) is 6.07 Å². The van der Waals surface area contributed by atoms with Gasteiger partial charge in [-0.3, -0.25) is 4.79 Å². The van der Waals surface area contributed by atoms with Crippen molar-refractivity contribution in [3.8, 4) is 5.88 Å². The molecule has 0 aliphatic carbocycles. The third-order valence-corrected chi connectivity index (χ3v) is 1.82.